The Morgan fingerprint density at radius 2 is 1.67 bits per heavy atom. The average Bonchev–Trinajstić information content (AvgIpc) is 3.17. The van der Waals surface area contributed by atoms with E-state index in [9.17, 15) is 0 Å². The zero-order chi connectivity index (χ0) is 21.8. The number of rotatable bonds is 2. The van der Waals surface area contributed by atoms with E-state index in [2.05, 4.69) is 77.1 Å². The van der Waals surface area contributed by atoms with Crippen LogP contribution in [0.25, 0.3) is 11.1 Å². The largest absolute Gasteiger partial charge is 0.364 e. The molecule has 4 aliphatic heterocycles. The Bertz CT molecular complexity index is 1160. The summed E-state index contributed by atoms with van der Waals surface area (Å²) in [4.78, 5) is 2.75. The van der Waals surface area contributed by atoms with Crippen molar-refractivity contribution in [2.75, 3.05) is 19.6 Å². The predicted octanol–water partition coefficient (Wildman–Crippen LogP) is 6.00. The first-order valence-electron chi connectivity index (χ1n) is 13.1. The first kappa shape index (κ1) is 19.9. The van der Waals surface area contributed by atoms with Crippen LogP contribution >= 0.6 is 0 Å². The van der Waals surface area contributed by atoms with E-state index in [1.54, 1.807) is 16.7 Å². The molecule has 0 spiro atoms. The summed E-state index contributed by atoms with van der Waals surface area (Å²) in [6.45, 7) is 3.97. The van der Waals surface area contributed by atoms with E-state index in [-0.39, 0.29) is 0 Å². The summed E-state index contributed by atoms with van der Waals surface area (Å²) in [6.07, 6.45) is 18.8. The number of hydrogen-bond acceptors (Lipinski definition) is 2. The molecule has 0 radical (unpaired) electrons. The molecule has 2 aromatic rings. The van der Waals surface area contributed by atoms with Gasteiger partial charge in [-0.25, -0.2) is 0 Å². The maximum absolute atomic E-state index is 3.71. The first-order valence-corrected chi connectivity index (χ1v) is 13.1. The summed E-state index contributed by atoms with van der Waals surface area (Å²) < 4.78 is 0. The third-order valence-electron chi connectivity index (χ3n) is 9.35. The molecule has 3 atom stereocenters. The van der Waals surface area contributed by atoms with Crippen LogP contribution in [-0.4, -0.2) is 24.5 Å². The Hall–Kier alpha value is -2.58. The van der Waals surface area contributed by atoms with Gasteiger partial charge in [-0.3, -0.25) is 0 Å². The van der Waals surface area contributed by atoms with E-state index in [4.69, 9.17) is 0 Å². The fourth-order valence-corrected chi connectivity index (χ4v) is 7.82. The minimum atomic E-state index is 0.481. The highest BCUT2D eigenvalue weighted by molar-refractivity contribution is 5.75. The Morgan fingerprint density at radius 3 is 2.55 bits per heavy atom. The quantitative estimate of drug-likeness (QED) is 0.624. The van der Waals surface area contributed by atoms with Gasteiger partial charge < -0.3 is 10.2 Å². The highest BCUT2D eigenvalue weighted by Gasteiger charge is 2.45. The van der Waals surface area contributed by atoms with E-state index in [0.29, 0.717) is 5.92 Å². The minimum absolute atomic E-state index is 0.481. The lowest BCUT2D eigenvalue weighted by atomic mass is 9.61. The van der Waals surface area contributed by atoms with Crippen molar-refractivity contribution in [1.82, 2.24) is 10.2 Å². The molecule has 2 heteroatoms. The third-order valence-corrected chi connectivity index (χ3v) is 9.35. The van der Waals surface area contributed by atoms with E-state index >= 15 is 0 Å². The molecule has 2 nitrogen and oxygen atoms in total. The zero-order valence-electron chi connectivity index (χ0n) is 19.5. The Balaban J connectivity index is 1.34. The van der Waals surface area contributed by atoms with Crippen LogP contribution in [0.5, 0.6) is 0 Å². The van der Waals surface area contributed by atoms with Gasteiger partial charge in [0, 0.05) is 24.4 Å². The molecule has 6 aliphatic rings. The second-order valence-electron chi connectivity index (χ2n) is 10.8. The van der Waals surface area contributed by atoms with Crippen molar-refractivity contribution in [2.24, 2.45) is 17.8 Å². The van der Waals surface area contributed by atoms with E-state index in [0.717, 1.165) is 17.8 Å². The van der Waals surface area contributed by atoms with Gasteiger partial charge in [0.1, 0.15) is 0 Å². The Morgan fingerprint density at radius 1 is 0.758 bits per heavy atom. The van der Waals surface area contributed by atoms with Crippen LogP contribution in [0.2, 0.25) is 0 Å². The van der Waals surface area contributed by atoms with Crippen molar-refractivity contribution in [1.29, 1.82) is 0 Å². The van der Waals surface area contributed by atoms with Crippen molar-refractivity contribution < 1.29 is 0 Å². The number of piperidine rings is 3. The molecule has 0 saturated carbocycles. The molecule has 0 aromatic heterocycles. The maximum atomic E-state index is 3.71. The Labute approximate surface area is 198 Å². The van der Waals surface area contributed by atoms with Crippen molar-refractivity contribution in [3.63, 3.8) is 0 Å². The molecule has 3 unspecified atom stereocenters. The van der Waals surface area contributed by atoms with Gasteiger partial charge in [-0.05, 0) is 115 Å². The topological polar surface area (TPSA) is 15.3 Å². The first-order chi connectivity index (χ1) is 16.4. The number of fused-ring (bicyclic) bond motifs is 8. The van der Waals surface area contributed by atoms with Crippen molar-refractivity contribution in [3.05, 3.63) is 94.9 Å². The van der Waals surface area contributed by atoms with E-state index < -0.39 is 0 Å². The van der Waals surface area contributed by atoms with Crippen LogP contribution in [0, 0.1) is 17.8 Å². The number of benzene rings is 2. The second kappa shape index (κ2) is 8.02. The van der Waals surface area contributed by atoms with Gasteiger partial charge in [0.25, 0.3) is 0 Å². The molecule has 168 valence electrons. The number of nitrogens with zero attached hydrogens (tertiary/aromatic N) is 1. The average molecular weight is 435 g/mol. The van der Waals surface area contributed by atoms with Crippen LogP contribution in [0.3, 0.4) is 0 Å². The lowest BCUT2D eigenvalue weighted by molar-refractivity contribution is 0.0102. The van der Waals surface area contributed by atoms with Crippen LogP contribution in [0.15, 0.2) is 72.6 Å². The van der Waals surface area contributed by atoms with Crippen LogP contribution in [-0.2, 0) is 19.3 Å². The normalized spacial score (nSPS) is 31.6. The maximum Gasteiger partial charge on any atom is 0.0275 e. The number of hydrogen-bond donors (Lipinski definition) is 1. The van der Waals surface area contributed by atoms with Crippen LogP contribution in [0.1, 0.15) is 47.4 Å². The number of aryl methyl sites for hydroxylation is 1. The molecular formula is C31H34N2. The fraction of sp³-hybridized carbons (Fsp3) is 0.419. The Kier molecular flexibility index (Phi) is 4.83. The molecule has 0 amide bonds. The zero-order valence-corrected chi connectivity index (χ0v) is 19.5. The van der Waals surface area contributed by atoms with E-state index in [1.807, 2.05) is 0 Å². The third kappa shape index (κ3) is 3.26. The van der Waals surface area contributed by atoms with Crippen LogP contribution in [0.4, 0.5) is 0 Å². The van der Waals surface area contributed by atoms with Gasteiger partial charge in [0.15, 0.2) is 0 Å². The molecule has 8 rings (SSSR count). The summed E-state index contributed by atoms with van der Waals surface area (Å²) in [5, 5.41) is 3.71. The number of nitrogens with one attached hydrogen (secondary N) is 1. The molecule has 4 heterocycles. The summed E-state index contributed by atoms with van der Waals surface area (Å²) in [7, 11) is 0. The molecule has 3 fully saturated rings. The minimum Gasteiger partial charge on any atom is -0.364 e. The standard InChI is InChI=1S/C31H34N2/c1-2-8-30(32-17-5-1)31-27-13-11-24-23-7-4-3-6-21(23)9-10-25(24)26(27)12-14-28(31)29-20-33-18-15-22(29)16-19-33/h1-8,11,13,17,22,28-29,31-32H,9-10,12,14-16,18-20H2. The summed E-state index contributed by atoms with van der Waals surface area (Å²) in [5.74, 6) is 2.97. The van der Waals surface area contributed by atoms with Crippen LogP contribution < -0.4 is 5.32 Å². The van der Waals surface area contributed by atoms with Gasteiger partial charge in [0.2, 0.25) is 0 Å². The molecular weight excluding hydrogens is 400 g/mol. The lowest BCUT2D eigenvalue weighted by Gasteiger charge is -2.51. The molecule has 2 aliphatic carbocycles. The van der Waals surface area contributed by atoms with Gasteiger partial charge in [-0.2, -0.15) is 0 Å². The van der Waals surface area contributed by atoms with Gasteiger partial charge in [0.05, 0.1) is 0 Å². The lowest BCUT2D eigenvalue weighted by Crippen LogP contribution is -2.51. The van der Waals surface area contributed by atoms with Crippen molar-refractivity contribution in [2.45, 2.75) is 44.4 Å². The van der Waals surface area contributed by atoms with Gasteiger partial charge in [-0.1, -0.05) is 48.6 Å². The smallest absolute Gasteiger partial charge is 0.0275 e. The second-order valence-corrected chi connectivity index (χ2v) is 10.8. The predicted molar refractivity (Wildman–Crippen MR) is 136 cm³/mol. The molecule has 1 N–H and O–H groups in total. The number of allylic oxidation sites excluding steroid dienone is 5. The molecule has 3 saturated heterocycles. The summed E-state index contributed by atoms with van der Waals surface area (Å²) in [6, 6.07) is 14.0. The van der Waals surface area contributed by atoms with Crippen molar-refractivity contribution >= 4 is 0 Å². The summed E-state index contributed by atoms with van der Waals surface area (Å²) >= 11 is 0. The summed E-state index contributed by atoms with van der Waals surface area (Å²) in [5.41, 5.74) is 10.8. The van der Waals surface area contributed by atoms with Gasteiger partial charge >= 0.3 is 0 Å². The van der Waals surface area contributed by atoms with Gasteiger partial charge in [-0.15, -0.1) is 0 Å². The monoisotopic (exact) mass is 434 g/mol. The van der Waals surface area contributed by atoms with Crippen molar-refractivity contribution in [3.8, 4) is 11.1 Å². The molecule has 2 bridgehead atoms. The highest BCUT2D eigenvalue weighted by atomic mass is 15.1. The fourth-order valence-electron chi connectivity index (χ4n) is 7.82. The molecule has 2 aromatic carbocycles. The molecule has 33 heavy (non-hydrogen) atoms. The van der Waals surface area contributed by atoms with E-state index in [1.165, 1.54) is 80.5 Å². The highest BCUT2D eigenvalue weighted by Crippen LogP contribution is 2.51. The SMILES string of the molecule is C1=CC=C(C2c3ccc4c(c3CCC2C2CN3CCC2CC3)CCc2ccccc2-4)NC=C1.